The summed E-state index contributed by atoms with van der Waals surface area (Å²) in [4.78, 5) is 42.1. The summed E-state index contributed by atoms with van der Waals surface area (Å²) >= 11 is 2.04. The fraction of sp³-hybridized carbons (Fsp3) is 0.727. The number of ether oxygens (including phenoxy) is 1. The lowest BCUT2D eigenvalue weighted by molar-refractivity contribution is -0.147. The molecule has 1 unspecified atom stereocenters. The third-order valence-corrected chi connectivity index (χ3v) is 12.2. The van der Waals surface area contributed by atoms with Crippen LogP contribution in [0, 0.1) is 0 Å². The number of carbonyl (C=O) groups is 1. The molecule has 0 spiro atoms. The molecule has 0 saturated carbocycles. The van der Waals surface area contributed by atoms with Gasteiger partial charge in [0.25, 0.3) is 5.56 Å². The molecule has 33 heavy (non-hydrogen) atoms. The van der Waals surface area contributed by atoms with Crippen LogP contribution < -0.4 is 11.2 Å². The molecule has 2 aromatic rings. The number of nitrogens with zero attached hydrogens (tertiary/aromatic N) is 4. The SMILES string of the molecule is C[C@H](O)CCCCn1c(=O)c2c(ncn2COC(=O)CCCCS2(C)CCSC2)n(C)c1=O. The van der Waals surface area contributed by atoms with Crippen LogP contribution in [0.25, 0.3) is 11.2 Å². The van der Waals surface area contributed by atoms with Gasteiger partial charge in [0, 0.05) is 30.9 Å². The number of aryl methyl sites for hydroxylation is 1. The van der Waals surface area contributed by atoms with Gasteiger partial charge < -0.3 is 9.84 Å². The predicted octanol–water partition coefficient (Wildman–Crippen LogP) is 2.26. The number of fused-ring (bicyclic) bond motifs is 1. The molecular formula is C22H36N4O5S2. The summed E-state index contributed by atoms with van der Waals surface area (Å²) in [6, 6.07) is 0. The van der Waals surface area contributed by atoms with Gasteiger partial charge in [0.05, 0.1) is 6.10 Å². The average molecular weight is 501 g/mol. The minimum absolute atomic E-state index is 0.107. The first-order valence-electron chi connectivity index (χ1n) is 11.5. The molecule has 0 bridgehead atoms. The molecule has 1 saturated heterocycles. The van der Waals surface area contributed by atoms with Crippen molar-refractivity contribution in [3.05, 3.63) is 27.2 Å². The van der Waals surface area contributed by atoms with Crippen LogP contribution in [0.15, 0.2) is 15.9 Å². The van der Waals surface area contributed by atoms with Crippen LogP contribution in [0.1, 0.15) is 45.4 Å². The molecule has 1 aliphatic rings. The Labute approximate surface area is 199 Å². The van der Waals surface area contributed by atoms with Crippen molar-refractivity contribution in [1.82, 2.24) is 18.7 Å². The van der Waals surface area contributed by atoms with E-state index in [0.717, 1.165) is 12.8 Å². The van der Waals surface area contributed by atoms with Gasteiger partial charge in [-0.1, -0.05) is 0 Å². The first-order chi connectivity index (χ1) is 15.7. The zero-order chi connectivity index (χ0) is 24.0. The van der Waals surface area contributed by atoms with Crippen LogP contribution in [0.4, 0.5) is 0 Å². The molecule has 0 aromatic carbocycles. The van der Waals surface area contributed by atoms with E-state index in [9.17, 15) is 19.5 Å². The second-order valence-electron chi connectivity index (χ2n) is 9.05. The van der Waals surface area contributed by atoms with Crippen molar-refractivity contribution in [3.63, 3.8) is 0 Å². The highest BCUT2D eigenvalue weighted by molar-refractivity contribution is 8.41. The Hall–Kier alpha value is -1.72. The largest absolute Gasteiger partial charge is 0.444 e. The first kappa shape index (κ1) is 25.9. The summed E-state index contributed by atoms with van der Waals surface area (Å²) in [5, 5.41) is 10.7. The van der Waals surface area contributed by atoms with E-state index in [1.54, 1.807) is 14.0 Å². The lowest BCUT2D eigenvalue weighted by atomic mass is 10.2. The minimum Gasteiger partial charge on any atom is -0.444 e. The van der Waals surface area contributed by atoms with E-state index in [-0.39, 0.29) is 30.4 Å². The van der Waals surface area contributed by atoms with Crippen LogP contribution in [0.2, 0.25) is 0 Å². The van der Waals surface area contributed by atoms with Gasteiger partial charge >= 0.3 is 11.7 Å². The molecule has 2 atom stereocenters. The lowest BCUT2D eigenvalue weighted by Crippen LogP contribution is -2.39. The van der Waals surface area contributed by atoms with Crippen LogP contribution >= 0.6 is 21.8 Å². The number of aliphatic hydroxyl groups excluding tert-OH is 1. The van der Waals surface area contributed by atoms with E-state index in [1.807, 2.05) is 11.8 Å². The number of aromatic nitrogens is 4. The van der Waals surface area contributed by atoms with Crippen LogP contribution in [-0.2, 0) is 29.9 Å². The van der Waals surface area contributed by atoms with E-state index in [4.69, 9.17) is 4.74 Å². The topological polar surface area (TPSA) is 108 Å². The van der Waals surface area contributed by atoms with Gasteiger partial charge in [0.2, 0.25) is 0 Å². The van der Waals surface area contributed by atoms with Crippen molar-refractivity contribution in [3.8, 4) is 0 Å². The van der Waals surface area contributed by atoms with Crippen molar-refractivity contribution >= 4 is 38.9 Å². The Morgan fingerprint density at radius 1 is 1.30 bits per heavy atom. The Kier molecular flexibility index (Phi) is 9.11. The normalized spacial score (nSPS) is 21.2. The maximum Gasteiger partial charge on any atom is 0.332 e. The van der Waals surface area contributed by atoms with Gasteiger partial charge in [-0.2, -0.15) is 11.8 Å². The second kappa shape index (κ2) is 11.6. The molecule has 0 amide bonds. The minimum atomic E-state index is -0.482. The Morgan fingerprint density at radius 2 is 2.09 bits per heavy atom. The van der Waals surface area contributed by atoms with Crippen LogP contribution in [0.3, 0.4) is 0 Å². The molecule has 1 aliphatic heterocycles. The molecule has 11 heteroatoms. The monoisotopic (exact) mass is 500 g/mol. The van der Waals surface area contributed by atoms with Gasteiger partial charge in [0.1, 0.15) is 6.33 Å². The fourth-order valence-corrected chi connectivity index (χ4v) is 10.2. The molecule has 9 nitrogen and oxygen atoms in total. The summed E-state index contributed by atoms with van der Waals surface area (Å²) in [6.45, 7) is 1.87. The summed E-state index contributed by atoms with van der Waals surface area (Å²) in [7, 11) is 1.09. The molecule has 0 radical (unpaired) electrons. The zero-order valence-corrected chi connectivity index (χ0v) is 21.5. The number of unbranched alkanes of at least 4 members (excludes halogenated alkanes) is 2. The summed E-state index contributed by atoms with van der Waals surface area (Å²) in [5.41, 5.74) is -0.352. The number of thioether (sulfide) groups is 1. The molecule has 1 N–H and O–H groups in total. The van der Waals surface area contributed by atoms with Gasteiger partial charge in [-0.05, 0) is 56.8 Å². The quantitative estimate of drug-likeness (QED) is 0.352. The van der Waals surface area contributed by atoms with Crippen molar-refractivity contribution in [2.45, 2.75) is 64.8 Å². The summed E-state index contributed by atoms with van der Waals surface area (Å²) < 4.78 is 9.42. The van der Waals surface area contributed by atoms with Gasteiger partial charge in [-0.25, -0.2) is 19.8 Å². The predicted molar refractivity (Wildman–Crippen MR) is 135 cm³/mol. The summed E-state index contributed by atoms with van der Waals surface area (Å²) in [5.74, 6) is 3.52. The Balaban J connectivity index is 1.59. The smallest absolute Gasteiger partial charge is 0.332 e. The van der Waals surface area contributed by atoms with E-state index in [1.165, 1.54) is 42.4 Å². The summed E-state index contributed by atoms with van der Waals surface area (Å²) in [6.07, 6.45) is 7.57. The van der Waals surface area contributed by atoms with Gasteiger partial charge in [0.15, 0.2) is 17.9 Å². The number of rotatable bonds is 12. The molecular weight excluding hydrogens is 464 g/mol. The molecule has 1 fully saturated rings. The third kappa shape index (κ3) is 6.66. The van der Waals surface area contributed by atoms with Gasteiger partial charge in [-0.3, -0.25) is 23.3 Å². The highest BCUT2D eigenvalue weighted by Gasteiger charge is 2.23. The molecule has 0 aliphatic carbocycles. The van der Waals surface area contributed by atoms with Gasteiger partial charge in [-0.15, -0.1) is 0 Å². The standard InChI is InChI=1S/C22H36N4O5S2/c1-17(27)8-4-6-10-26-21(29)19-20(24(2)22(26)30)23-14-25(19)15-31-18(28)9-5-7-12-33(3)13-11-32-16-33/h14,17,27H,4-13,15-16H2,1-3H3/t17-/m0/s1. The zero-order valence-electron chi connectivity index (χ0n) is 19.8. The number of hydrogen-bond acceptors (Lipinski definition) is 7. The number of esters is 1. The van der Waals surface area contributed by atoms with E-state index in [2.05, 4.69) is 11.2 Å². The molecule has 3 heterocycles. The van der Waals surface area contributed by atoms with E-state index < -0.39 is 27.4 Å². The molecule has 3 rings (SSSR count). The number of aliphatic hydroxyl groups is 1. The highest BCUT2D eigenvalue weighted by Crippen LogP contribution is 2.52. The van der Waals surface area contributed by atoms with E-state index >= 15 is 0 Å². The maximum absolute atomic E-state index is 13.0. The number of carbonyl (C=O) groups excluding carboxylic acids is 1. The number of hydrogen-bond donors (Lipinski definition) is 1. The first-order valence-corrected chi connectivity index (χ1v) is 15.2. The highest BCUT2D eigenvalue weighted by atomic mass is 32.3. The Morgan fingerprint density at radius 3 is 2.79 bits per heavy atom. The average Bonchev–Trinajstić information content (AvgIpc) is 3.40. The van der Waals surface area contributed by atoms with Crippen LogP contribution in [-0.4, -0.2) is 64.5 Å². The third-order valence-electron chi connectivity index (χ3n) is 6.08. The second-order valence-corrected chi connectivity index (χ2v) is 14.6. The van der Waals surface area contributed by atoms with Crippen molar-refractivity contribution in [2.75, 3.05) is 28.6 Å². The Bertz CT molecular complexity index is 1070. The van der Waals surface area contributed by atoms with Crippen molar-refractivity contribution < 1.29 is 14.6 Å². The van der Waals surface area contributed by atoms with Crippen molar-refractivity contribution in [1.29, 1.82) is 0 Å². The molecule has 2 aromatic heterocycles. The van der Waals surface area contributed by atoms with E-state index in [0.29, 0.717) is 25.7 Å². The maximum atomic E-state index is 13.0. The van der Waals surface area contributed by atoms with Crippen molar-refractivity contribution in [2.24, 2.45) is 7.05 Å². The lowest BCUT2D eigenvalue weighted by Gasteiger charge is -2.29. The van der Waals surface area contributed by atoms with Crippen LogP contribution in [0.5, 0.6) is 0 Å². The fourth-order valence-electron chi connectivity index (χ4n) is 4.00. The molecule has 186 valence electrons. The number of imidazole rings is 1.